The normalized spacial score (nSPS) is 12.8. The summed E-state index contributed by atoms with van der Waals surface area (Å²) < 4.78 is -0.0569. The zero-order valence-electron chi connectivity index (χ0n) is 27.1. The molecule has 226 valence electrons. The van der Waals surface area contributed by atoms with Crippen molar-refractivity contribution in [2.75, 3.05) is 20.1 Å². The maximum absolute atomic E-state index is 11.8. The topological polar surface area (TPSA) is 23.1 Å². The predicted octanol–water partition coefficient (Wildman–Crippen LogP) is 12.9. The second-order valence-electron chi connectivity index (χ2n) is 12.2. The average Bonchev–Trinajstić information content (AvgIpc) is 2.90. The van der Waals surface area contributed by atoms with Crippen molar-refractivity contribution in [3.63, 3.8) is 0 Å². The third kappa shape index (κ3) is 38.1. The number of unbranched alkanes of at least 4 members (excludes halogenated alkanes) is 26. The average molecular weight is 526 g/mol. The van der Waals surface area contributed by atoms with Gasteiger partial charge in [-0.2, -0.15) is 0 Å². The van der Waals surface area contributed by atoms with Crippen molar-refractivity contribution in [1.29, 1.82) is 0 Å². The van der Waals surface area contributed by atoms with Crippen molar-refractivity contribution in [2.45, 2.75) is 207 Å². The highest BCUT2D eigenvalue weighted by Gasteiger charge is 2.05. The van der Waals surface area contributed by atoms with Gasteiger partial charge in [0.1, 0.15) is 0 Å². The first kappa shape index (κ1) is 39.1. The lowest BCUT2D eigenvalue weighted by molar-refractivity contribution is -0.859. The van der Waals surface area contributed by atoms with Crippen LogP contribution in [0.5, 0.6) is 0 Å². The van der Waals surface area contributed by atoms with Gasteiger partial charge in [0, 0.05) is 0 Å². The van der Waals surface area contributed by atoms with Crippen LogP contribution < -0.4 is 0 Å². The van der Waals surface area contributed by atoms with Crippen LogP contribution in [0, 0.1) is 5.21 Å². The quantitative estimate of drug-likeness (QED) is 0.0541. The molecule has 2 nitrogen and oxygen atoms in total. The van der Waals surface area contributed by atoms with Gasteiger partial charge in [-0.3, -0.25) is 0 Å². The largest absolute Gasteiger partial charge is 0.633 e. The molecule has 0 fully saturated rings. The van der Waals surface area contributed by atoms with E-state index in [0.717, 1.165) is 13.0 Å². The molecule has 0 N–H and O–H groups in total. The Bertz CT molecular complexity index is 369. The highest BCUT2D eigenvalue weighted by molar-refractivity contribution is 4.50. The van der Waals surface area contributed by atoms with E-state index >= 15 is 0 Å². The third-order valence-corrected chi connectivity index (χ3v) is 8.11. The summed E-state index contributed by atoms with van der Waals surface area (Å²) in [5.74, 6) is 0. The van der Waals surface area contributed by atoms with Gasteiger partial charge in [0.2, 0.25) is 0 Å². The lowest BCUT2D eigenvalue weighted by Crippen LogP contribution is -2.37. The van der Waals surface area contributed by atoms with Crippen molar-refractivity contribution in [3.8, 4) is 0 Å². The van der Waals surface area contributed by atoms with E-state index in [4.69, 9.17) is 0 Å². The minimum absolute atomic E-state index is 0.0569. The summed E-state index contributed by atoms with van der Waals surface area (Å²) >= 11 is 0. The molecule has 0 aromatic carbocycles. The fourth-order valence-corrected chi connectivity index (χ4v) is 5.07. The minimum atomic E-state index is -0.0569. The zero-order valence-corrected chi connectivity index (χ0v) is 27.1. The fraction of sp³-hybridized carbons (Fsp3) is 1.00. The maximum atomic E-state index is 11.8. The van der Waals surface area contributed by atoms with Crippen molar-refractivity contribution in [3.05, 3.63) is 5.21 Å². The van der Waals surface area contributed by atoms with Gasteiger partial charge in [0.25, 0.3) is 0 Å². The van der Waals surface area contributed by atoms with Crippen LogP contribution in [0.25, 0.3) is 0 Å². The summed E-state index contributed by atoms with van der Waals surface area (Å²) in [6.45, 7) is 10.3. The van der Waals surface area contributed by atoms with E-state index in [2.05, 4.69) is 20.8 Å². The van der Waals surface area contributed by atoms with Crippen LogP contribution in [0.15, 0.2) is 0 Å². The van der Waals surface area contributed by atoms with Crippen LogP contribution in [-0.2, 0) is 0 Å². The first-order valence-electron chi connectivity index (χ1n) is 17.6. The predicted molar refractivity (Wildman–Crippen MR) is 171 cm³/mol. The van der Waals surface area contributed by atoms with Crippen LogP contribution in [0.1, 0.15) is 207 Å². The molecule has 1 atom stereocenters. The number of nitrogens with zero attached hydrogens (tertiary/aromatic N) is 1. The van der Waals surface area contributed by atoms with Gasteiger partial charge in [-0.25, -0.2) is 0 Å². The highest BCUT2D eigenvalue weighted by atomic mass is 16.5. The second-order valence-corrected chi connectivity index (χ2v) is 12.2. The molecule has 0 aromatic heterocycles. The smallest absolute Gasteiger partial charge is 0.0781 e. The Labute approximate surface area is 237 Å². The van der Waals surface area contributed by atoms with E-state index in [-0.39, 0.29) is 4.65 Å². The number of hydrogen-bond donors (Lipinski definition) is 0. The summed E-state index contributed by atoms with van der Waals surface area (Å²) in [6.07, 6.45) is 39.7. The summed E-state index contributed by atoms with van der Waals surface area (Å²) in [5.41, 5.74) is 0. The van der Waals surface area contributed by atoms with Crippen molar-refractivity contribution >= 4 is 0 Å². The number of hydroxylamine groups is 3. The summed E-state index contributed by atoms with van der Waals surface area (Å²) in [5, 5.41) is 11.8. The van der Waals surface area contributed by atoms with Gasteiger partial charge in [-0.1, -0.05) is 188 Å². The molecule has 0 bridgehead atoms. The Morgan fingerprint density at radius 2 is 0.514 bits per heavy atom. The van der Waals surface area contributed by atoms with Gasteiger partial charge in [0.15, 0.2) is 0 Å². The Kier molecular flexibility index (Phi) is 35.8. The molecule has 0 rings (SSSR count). The highest BCUT2D eigenvalue weighted by Crippen LogP contribution is 2.14. The molecule has 1 unspecified atom stereocenters. The first-order chi connectivity index (χ1) is 18.0. The second kappa shape index (κ2) is 33.9. The molecule has 0 aliphatic heterocycles. The Hall–Kier alpha value is -0.0800. The number of hydrogen-bond acceptors (Lipinski definition) is 1. The minimum Gasteiger partial charge on any atom is -0.633 e. The van der Waals surface area contributed by atoms with Gasteiger partial charge >= 0.3 is 0 Å². The van der Waals surface area contributed by atoms with E-state index < -0.39 is 0 Å². The number of quaternary nitrogens is 1. The molecule has 0 aromatic rings. The van der Waals surface area contributed by atoms with Crippen molar-refractivity contribution in [2.24, 2.45) is 0 Å². The lowest BCUT2D eigenvalue weighted by atomic mass is 10.0. The van der Waals surface area contributed by atoms with Crippen molar-refractivity contribution < 1.29 is 4.65 Å². The Balaban J connectivity index is 0. The van der Waals surface area contributed by atoms with Crippen LogP contribution in [-0.4, -0.2) is 24.8 Å². The van der Waals surface area contributed by atoms with Gasteiger partial charge < -0.3 is 9.85 Å². The van der Waals surface area contributed by atoms with E-state index in [1.807, 2.05) is 6.92 Å². The van der Waals surface area contributed by atoms with Crippen molar-refractivity contribution in [1.82, 2.24) is 0 Å². The molecule has 0 aliphatic rings. The van der Waals surface area contributed by atoms with Gasteiger partial charge in [-0.05, 0) is 19.8 Å². The molecule has 37 heavy (non-hydrogen) atoms. The summed E-state index contributed by atoms with van der Waals surface area (Å²) in [7, 11) is 1.80. The summed E-state index contributed by atoms with van der Waals surface area (Å²) in [6, 6.07) is 0. The fourth-order valence-electron chi connectivity index (χ4n) is 5.07. The van der Waals surface area contributed by atoms with E-state index in [0.29, 0.717) is 6.54 Å². The lowest BCUT2D eigenvalue weighted by Gasteiger charge is -2.37. The summed E-state index contributed by atoms with van der Waals surface area (Å²) in [4.78, 5) is 0. The monoisotopic (exact) mass is 526 g/mol. The Morgan fingerprint density at radius 3 is 0.703 bits per heavy atom. The molecule has 0 saturated carbocycles. The van der Waals surface area contributed by atoms with Crippen LogP contribution in [0.2, 0.25) is 0 Å². The van der Waals surface area contributed by atoms with Gasteiger partial charge in [-0.15, -0.1) is 0 Å². The molecule has 0 aliphatic carbocycles. The SMILES string of the molecule is CCCCCCCCCCCCCC.CCCCCCCCCCCCCCCCCC[N+](C)([O-])CC. The molecule has 0 radical (unpaired) electrons. The molecular formula is C35H75NO. The van der Waals surface area contributed by atoms with Crippen LogP contribution >= 0.6 is 0 Å². The van der Waals surface area contributed by atoms with Gasteiger partial charge in [0.05, 0.1) is 20.1 Å². The first-order valence-corrected chi connectivity index (χ1v) is 17.6. The third-order valence-electron chi connectivity index (χ3n) is 8.11. The molecule has 0 saturated heterocycles. The van der Waals surface area contributed by atoms with E-state index in [1.165, 1.54) is 173 Å². The molecule has 0 heterocycles. The zero-order chi connectivity index (χ0) is 27.7. The van der Waals surface area contributed by atoms with Crippen LogP contribution in [0.4, 0.5) is 0 Å². The molecule has 2 heteroatoms. The maximum Gasteiger partial charge on any atom is 0.0781 e. The van der Waals surface area contributed by atoms with Crippen LogP contribution in [0.3, 0.4) is 0 Å². The van der Waals surface area contributed by atoms with E-state index in [9.17, 15) is 5.21 Å². The molecular weight excluding hydrogens is 450 g/mol. The molecule has 0 amide bonds. The number of rotatable bonds is 29. The Morgan fingerprint density at radius 1 is 0.324 bits per heavy atom. The molecule has 0 spiro atoms. The van der Waals surface area contributed by atoms with E-state index in [1.54, 1.807) is 7.05 Å². The standard InChI is InChI=1S/C21H45NO.C14H30/c1-4-6-7-8-9-10-11-12-13-14-15-16-17-18-19-20-21-22(3,23)5-2;1-3-5-7-9-11-13-14-12-10-8-6-4-2/h4-21H2,1-3H3;3-14H2,1-2H3.